The molecule has 0 atom stereocenters. The predicted octanol–water partition coefficient (Wildman–Crippen LogP) is 2.51. The molecule has 0 saturated carbocycles. The van der Waals surface area contributed by atoms with Gasteiger partial charge in [-0.15, -0.1) is 11.6 Å². The van der Waals surface area contributed by atoms with Crippen LogP contribution in [0.5, 0.6) is 0 Å². The molecule has 1 nitrogen and oxygen atoms in total. The Balaban J connectivity index is 0.000001000. The molecule has 0 saturated heterocycles. The summed E-state index contributed by atoms with van der Waals surface area (Å²) in [5, 5.41) is 0. The topological polar surface area (TPSA) is 12.4 Å². The molecule has 0 bridgehead atoms. The molecule has 1 radical (unpaired) electrons. The van der Waals surface area contributed by atoms with Crippen molar-refractivity contribution in [3.05, 3.63) is 29.8 Å². The van der Waals surface area contributed by atoms with Gasteiger partial charge in [-0.05, 0) is 6.42 Å². The van der Waals surface area contributed by atoms with Crippen LogP contribution in [0, 0.1) is 6.04 Å². The normalized spacial score (nSPS) is 15.5. The van der Waals surface area contributed by atoms with Gasteiger partial charge in [-0.25, -0.2) is 0 Å². The van der Waals surface area contributed by atoms with Gasteiger partial charge in [0.25, 0.3) is 0 Å². The van der Waals surface area contributed by atoms with E-state index in [4.69, 9.17) is 0 Å². The van der Waals surface area contributed by atoms with E-state index in [1.807, 2.05) is 25.3 Å². The van der Waals surface area contributed by atoms with Gasteiger partial charge >= 0.3 is 19.5 Å². The van der Waals surface area contributed by atoms with Crippen LogP contribution in [-0.2, 0) is 19.5 Å². The number of aliphatic imine (C=N–C) groups is 1. The second-order valence-corrected chi connectivity index (χ2v) is 2.35. The summed E-state index contributed by atoms with van der Waals surface area (Å²) in [6.45, 7) is 4.14. The summed E-state index contributed by atoms with van der Waals surface area (Å²) in [6, 6.07) is 1.07. The van der Waals surface area contributed by atoms with Crippen molar-refractivity contribution in [1.29, 1.82) is 0 Å². The Morgan fingerprint density at radius 2 is 2.27 bits per heavy atom. The zero-order chi connectivity index (χ0) is 7.40. The van der Waals surface area contributed by atoms with Crippen LogP contribution >= 0.6 is 0 Å². The molecular formula is C9H12NRu. The minimum Gasteiger partial charge on any atom is -0.387 e. The first kappa shape index (κ1) is 10.6. The number of hydrogen-bond donors (Lipinski definition) is 0. The van der Waals surface area contributed by atoms with Gasteiger partial charge in [0.1, 0.15) is 0 Å². The van der Waals surface area contributed by atoms with Crippen LogP contribution in [0.25, 0.3) is 0 Å². The van der Waals surface area contributed by atoms with Crippen LogP contribution in [-0.4, -0.2) is 6.21 Å². The molecule has 1 aliphatic heterocycles. The van der Waals surface area contributed by atoms with Crippen molar-refractivity contribution in [3.8, 4) is 0 Å². The van der Waals surface area contributed by atoms with Gasteiger partial charge in [-0.3, -0.25) is 0 Å². The Hall–Kier alpha value is -0.357. The van der Waals surface area contributed by atoms with Gasteiger partial charge in [0, 0.05) is 0 Å². The van der Waals surface area contributed by atoms with Crippen LogP contribution < -0.4 is 0 Å². The Kier molecular flexibility index (Phi) is 5.14. The molecule has 0 N–H and O–H groups in total. The zero-order valence-electron chi connectivity index (χ0n) is 6.82. The fourth-order valence-corrected chi connectivity index (χ4v) is 0.813. The summed E-state index contributed by atoms with van der Waals surface area (Å²) < 4.78 is 0. The summed E-state index contributed by atoms with van der Waals surface area (Å²) >= 11 is 0. The Morgan fingerprint density at radius 3 is 2.91 bits per heavy atom. The summed E-state index contributed by atoms with van der Waals surface area (Å²) in [6.07, 6.45) is 9.14. The third kappa shape index (κ3) is 3.52. The van der Waals surface area contributed by atoms with Crippen LogP contribution in [0.3, 0.4) is 0 Å². The SMILES string of the molecule is CCC1=CC=N[C-](C)C=C1.[Ru+]. The smallest absolute Gasteiger partial charge is 0.387 e. The van der Waals surface area contributed by atoms with Crippen molar-refractivity contribution in [3.63, 3.8) is 0 Å². The second-order valence-electron chi connectivity index (χ2n) is 2.35. The maximum atomic E-state index is 4.15. The molecule has 0 amide bonds. The number of hydrogen-bond acceptors (Lipinski definition) is 1. The fraction of sp³-hybridized carbons (Fsp3) is 0.333. The van der Waals surface area contributed by atoms with E-state index in [2.05, 4.69) is 18.0 Å². The van der Waals surface area contributed by atoms with E-state index in [1.54, 1.807) is 0 Å². The first-order valence-electron chi connectivity index (χ1n) is 3.58. The number of nitrogens with zero attached hydrogens (tertiary/aromatic N) is 1. The molecule has 0 aromatic heterocycles. The molecule has 61 valence electrons. The summed E-state index contributed by atoms with van der Waals surface area (Å²) in [4.78, 5) is 4.15. The summed E-state index contributed by atoms with van der Waals surface area (Å²) in [7, 11) is 0. The number of rotatable bonds is 1. The van der Waals surface area contributed by atoms with Gasteiger partial charge in [0.05, 0.1) is 0 Å². The Morgan fingerprint density at radius 1 is 1.55 bits per heavy atom. The second kappa shape index (κ2) is 5.31. The van der Waals surface area contributed by atoms with E-state index >= 15 is 0 Å². The maximum Gasteiger partial charge on any atom is 1.00 e. The van der Waals surface area contributed by atoms with E-state index in [0.29, 0.717) is 0 Å². The first-order chi connectivity index (χ1) is 4.83. The van der Waals surface area contributed by atoms with Gasteiger partial charge in [-0.1, -0.05) is 26.1 Å². The van der Waals surface area contributed by atoms with Crippen molar-refractivity contribution in [2.75, 3.05) is 0 Å². The monoisotopic (exact) mass is 236 g/mol. The molecule has 0 spiro atoms. The van der Waals surface area contributed by atoms with Gasteiger partial charge in [-0.2, -0.15) is 12.2 Å². The van der Waals surface area contributed by atoms with Crippen molar-refractivity contribution in [2.24, 2.45) is 4.99 Å². The molecule has 2 heteroatoms. The molecule has 1 heterocycles. The average molecular weight is 235 g/mol. The van der Waals surface area contributed by atoms with Crippen molar-refractivity contribution < 1.29 is 19.5 Å². The standard InChI is InChI=1S/C9H12N.Ru/c1-3-9-5-4-8(2)10-7-6-9;/h4-7H,3H2,1-2H3;/q-1;+1. The number of allylic oxidation sites excluding steroid dienone is 3. The predicted molar refractivity (Wildman–Crippen MR) is 44.9 cm³/mol. The molecule has 0 aliphatic carbocycles. The van der Waals surface area contributed by atoms with Gasteiger partial charge in [0.15, 0.2) is 0 Å². The van der Waals surface area contributed by atoms with E-state index in [1.165, 1.54) is 5.57 Å². The van der Waals surface area contributed by atoms with E-state index in [-0.39, 0.29) is 19.5 Å². The fourth-order valence-electron chi connectivity index (χ4n) is 0.813. The zero-order valence-corrected chi connectivity index (χ0v) is 8.56. The summed E-state index contributed by atoms with van der Waals surface area (Å²) in [5.41, 5.74) is 1.33. The molecule has 1 rings (SSSR count). The minimum atomic E-state index is 0. The largest absolute Gasteiger partial charge is 1.00 e. The molecule has 0 unspecified atom stereocenters. The Bertz CT molecular complexity index is 192. The third-order valence-electron chi connectivity index (χ3n) is 1.51. The minimum absolute atomic E-state index is 0. The molecule has 0 fully saturated rings. The Labute approximate surface area is 81.1 Å². The average Bonchev–Trinajstić information content (AvgIpc) is 2.14. The third-order valence-corrected chi connectivity index (χ3v) is 1.51. The van der Waals surface area contributed by atoms with Gasteiger partial charge in [0.2, 0.25) is 0 Å². The molecule has 11 heavy (non-hydrogen) atoms. The molecule has 0 aromatic carbocycles. The van der Waals surface area contributed by atoms with Crippen LogP contribution in [0.2, 0.25) is 0 Å². The molecule has 1 aliphatic rings. The van der Waals surface area contributed by atoms with Crippen molar-refractivity contribution in [2.45, 2.75) is 20.3 Å². The quantitative estimate of drug-likeness (QED) is 0.489. The van der Waals surface area contributed by atoms with E-state index < -0.39 is 0 Å². The van der Waals surface area contributed by atoms with Crippen LogP contribution in [0.4, 0.5) is 0 Å². The maximum absolute atomic E-state index is 4.15. The summed E-state index contributed by atoms with van der Waals surface area (Å²) in [5.74, 6) is 0. The molecular weight excluding hydrogens is 223 g/mol. The van der Waals surface area contributed by atoms with Crippen LogP contribution in [0.15, 0.2) is 28.8 Å². The van der Waals surface area contributed by atoms with E-state index in [9.17, 15) is 0 Å². The molecule has 0 aromatic rings. The van der Waals surface area contributed by atoms with Crippen molar-refractivity contribution >= 4 is 6.21 Å². The van der Waals surface area contributed by atoms with Gasteiger partial charge < -0.3 is 4.99 Å². The van der Waals surface area contributed by atoms with Crippen LogP contribution in [0.1, 0.15) is 20.3 Å². The first-order valence-corrected chi connectivity index (χ1v) is 3.58. The van der Waals surface area contributed by atoms with Crippen molar-refractivity contribution in [1.82, 2.24) is 0 Å². The van der Waals surface area contributed by atoms with E-state index in [0.717, 1.165) is 12.5 Å².